The van der Waals surface area contributed by atoms with Crippen molar-refractivity contribution in [2.45, 2.75) is 6.10 Å². The third-order valence-corrected chi connectivity index (χ3v) is 2.57. The van der Waals surface area contributed by atoms with E-state index in [0.29, 0.717) is 15.8 Å². The number of rotatable bonds is 3. The van der Waals surface area contributed by atoms with Crippen molar-refractivity contribution in [3.63, 3.8) is 0 Å². The number of halogens is 1. The minimum Gasteiger partial charge on any atom is -0.504 e. The van der Waals surface area contributed by atoms with Crippen LogP contribution in [0.25, 0.3) is 0 Å². The molecule has 14 heavy (non-hydrogen) atoms. The van der Waals surface area contributed by atoms with Crippen LogP contribution < -0.4 is 10.5 Å². The van der Waals surface area contributed by atoms with E-state index < -0.39 is 6.10 Å². The monoisotopic (exact) mass is 261 g/mol. The molecule has 0 heterocycles. The van der Waals surface area contributed by atoms with Crippen LogP contribution in [0.15, 0.2) is 16.6 Å². The number of benzene rings is 1. The second-order valence-corrected chi connectivity index (χ2v) is 3.65. The van der Waals surface area contributed by atoms with Gasteiger partial charge in [-0.3, -0.25) is 0 Å². The first-order valence-electron chi connectivity index (χ1n) is 4.04. The molecule has 0 saturated carbocycles. The van der Waals surface area contributed by atoms with Gasteiger partial charge in [-0.15, -0.1) is 0 Å². The summed E-state index contributed by atoms with van der Waals surface area (Å²) in [5, 5.41) is 18.9. The average molecular weight is 262 g/mol. The lowest BCUT2D eigenvalue weighted by Crippen LogP contribution is -2.12. The number of nitrogens with two attached hydrogens (primary N) is 1. The molecule has 1 atom stereocenters. The number of methoxy groups -OCH3 is 1. The zero-order valence-electron chi connectivity index (χ0n) is 7.70. The van der Waals surface area contributed by atoms with Crippen molar-refractivity contribution in [2.75, 3.05) is 13.7 Å². The van der Waals surface area contributed by atoms with E-state index in [0.717, 1.165) is 0 Å². The second-order valence-electron chi connectivity index (χ2n) is 2.80. The van der Waals surface area contributed by atoms with E-state index in [1.165, 1.54) is 13.2 Å². The number of aliphatic hydroxyl groups is 1. The normalized spacial score (nSPS) is 12.6. The number of aliphatic hydroxyl groups excluding tert-OH is 1. The SMILES string of the molecule is COc1cc([C@H](O)CN)c(Br)cc1O. The Bertz CT molecular complexity index is 330. The minimum atomic E-state index is -0.765. The quantitative estimate of drug-likeness (QED) is 0.763. The molecule has 0 aromatic heterocycles. The van der Waals surface area contributed by atoms with Gasteiger partial charge in [0.1, 0.15) is 0 Å². The lowest BCUT2D eigenvalue weighted by atomic mass is 10.1. The van der Waals surface area contributed by atoms with Crippen molar-refractivity contribution >= 4 is 15.9 Å². The van der Waals surface area contributed by atoms with E-state index in [1.54, 1.807) is 6.07 Å². The lowest BCUT2D eigenvalue weighted by molar-refractivity contribution is 0.185. The smallest absolute Gasteiger partial charge is 0.160 e. The Morgan fingerprint density at radius 3 is 2.71 bits per heavy atom. The number of phenols is 1. The predicted molar refractivity (Wildman–Crippen MR) is 56.4 cm³/mol. The van der Waals surface area contributed by atoms with Crippen LogP contribution in [0.4, 0.5) is 0 Å². The van der Waals surface area contributed by atoms with Gasteiger partial charge >= 0.3 is 0 Å². The molecule has 78 valence electrons. The summed E-state index contributed by atoms with van der Waals surface area (Å²) in [5.74, 6) is 0.336. The van der Waals surface area contributed by atoms with Crippen molar-refractivity contribution in [2.24, 2.45) is 5.73 Å². The van der Waals surface area contributed by atoms with E-state index in [-0.39, 0.29) is 12.3 Å². The van der Waals surface area contributed by atoms with Gasteiger partial charge in [0.25, 0.3) is 0 Å². The van der Waals surface area contributed by atoms with Gasteiger partial charge in [0.15, 0.2) is 11.5 Å². The number of hydrogen-bond donors (Lipinski definition) is 3. The molecule has 1 rings (SSSR count). The molecule has 0 fully saturated rings. The van der Waals surface area contributed by atoms with Crippen LogP contribution in [0.1, 0.15) is 11.7 Å². The summed E-state index contributed by atoms with van der Waals surface area (Å²) < 4.78 is 5.52. The molecule has 4 nitrogen and oxygen atoms in total. The van der Waals surface area contributed by atoms with Crippen LogP contribution >= 0.6 is 15.9 Å². The molecular weight excluding hydrogens is 250 g/mol. The third kappa shape index (κ3) is 2.17. The number of aromatic hydroxyl groups is 1. The Hall–Kier alpha value is -0.780. The van der Waals surface area contributed by atoms with Crippen molar-refractivity contribution < 1.29 is 14.9 Å². The summed E-state index contributed by atoms with van der Waals surface area (Å²) in [6.07, 6.45) is -0.765. The Morgan fingerprint density at radius 1 is 1.57 bits per heavy atom. The van der Waals surface area contributed by atoms with Crippen LogP contribution in [0.2, 0.25) is 0 Å². The molecule has 0 aliphatic heterocycles. The van der Waals surface area contributed by atoms with Gasteiger partial charge in [-0.1, -0.05) is 15.9 Å². The van der Waals surface area contributed by atoms with Crippen molar-refractivity contribution in [1.82, 2.24) is 0 Å². The zero-order valence-corrected chi connectivity index (χ0v) is 9.28. The fraction of sp³-hybridized carbons (Fsp3) is 0.333. The number of phenolic OH excluding ortho intramolecular Hbond substituents is 1. The molecule has 0 saturated heterocycles. The molecule has 4 N–H and O–H groups in total. The fourth-order valence-electron chi connectivity index (χ4n) is 1.10. The predicted octanol–water partition coefficient (Wildman–Crippen LogP) is 1.16. The van der Waals surface area contributed by atoms with Crippen LogP contribution in [-0.2, 0) is 0 Å². The Kier molecular flexibility index (Phi) is 3.74. The molecule has 0 radical (unpaired) electrons. The van der Waals surface area contributed by atoms with E-state index in [1.807, 2.05) is 0 Å². The van der Waals surface area contributed by atoms with Crippen LogP contribution in [0.3, 0.4) is 0 Å². The maximum atomic E-state index is 9.53. The highest BCUT2D eigenvalue weighted by molar-refractivity contribution is 9.10. The molecule has 0 amide bonds. The van der Waals surface area contributed by atoms with Gasteiger partial charge in [-0.2, -0.15) is 0 Å². The molecule has 5 heteroatoms. The van der Waals surface area contributed by atoms with Gasteiger partial charge in [-0.05, 0) is 17.7 Å². The van der Waals surface area contributed by atoms with E-state index >= 15 is 0 Å². The third-order valence-electron chi connectivity index (χ3n) is 1.88. The first kappa shape index (κ1) is 11.3. The molecule has 0 aliphatic rings. The van der Waals surface area contributed by atoms with Gasteiger partial charge in [0.05, 0.1) is 13.2 Å². The first-order chi connectivity index (χ1) is 6.60. The van der Waals surface area contributed by atoms with Gasteiger partial charge < -0.3 is 20.7 Å². The topological polar surface area (TPSA) is 75.7 Å². The summed E-state index contributed by atoms with van der Waals surface area (Å²) in [6.45, 7) is 0.118. The van der Waals surface area contributed by atoms with E-state index in [2.05, 4.69) is 15.9 Å². The summed E-state index contributed by atoms with van der Waals surface area (Å²) >= 11 is 3.22. The van der Waals surface area contributed by atoms with Crippen LogP contribution in [-0.4, -0.2) is 23.9 Å². The highest BCUT2D eigenvalue weighted by Crippen LogP contribution is 2.34. The molecule has 0 unspecified atom stereocenters. The minimum absolute atomic E-state index is 0.0207. The summed E-state index contributed by atoms with van der Waals surface area (Å²) in [4.78, 5) is 0. The molecule has 0 bridgehead atoms. The van der Waals surface area contributed by atoms with Crippen LogP contribution in [0.5, 0.6) is 11.5 Å². The van der Waals surface area contributed by atoms with Crippen molar-refractivity contribution in [3.05, 3.63) is 22.2 Å². The maximum Gasteiger partial charge on any atom is 0.160 e. The standard InChI is InChI=1S/C9H12BrNO3/c1-14-9-2-5(8(13)4-11)6(10)3-7(9)12/h2-3,8,12-13H,4,11H2,1H3/t8-/m1/s1. The largest absolute Gasteiger partial charge is 0.504 e. The van der Waals surface area contributed by atoms with E-state index in [9.17, 15) is 10.2 Å². The maximum absolute atomic E-state index is 9.53. The van der Waals surface area contributed by atoms with Crippen molar-refractivity contribution in [3.8, 4) is 11.5 Å². The van der Waals surface area contributed by atoms with Gasteiger partial charge in [-0.25, -0.2) is 0 Å². The zero-order chi connectivity index (χ0) is 10.7. The molecule has 1 aromatic carbocycles. The number of hydrogen-bond acceptors (Lipinski definition) is 4. The summed E-state index contributed by atoms with van der Waals surface area (Å²) in [6, 6.07) is 3.02. The average Bonchev–Trinajstić information content (AvgIpc) is 2.17. The molecule has 0 spiro atoms. The van der Waals surface area contributed by atoms with Crippen molar-refractivity contribution in [1.29, 1.82) is 0 Å². The highest BCUT2D eigenvalue weighted by atomic mass is 79.9. The molecular formula is C9H12BrNO3. The Morgan fingerprint density at radius 2 is 2.21 bits per heavy atom. The summed E-state index contributed by atoms with van der Waals surface area (Å²) in [5.41, 5.74) is 5.93. The van der Waals surface area contributed by atoms with Gasteiger partial charge in [0, 0.05) is 11.0 Å². The second kappa shape index (κ2) is 4.63. The van der Waals surface area contributed by atoms with E-state index in [4.69, 9.17) is 10.5 Å². The fourth-order valence-corrected chi connectivity index (χ4v) is 1.70. The lowest BCUT2D eigenvalue weighted by Gasteiger charge is -2.13. The highest BCUT2D eigenvalue weighted by Gasteiger charge is 2.13. The Balaban J connectivity index is 3.17. The summed E-state index contributed by atoms with van der Waals surface area (Å²) in [7, 11) is 1.45. The number of ether oxygens (including phenoxy) is 1. The van der Waals surface area contributed by atoms with Crippen LogP contribution in [0, 0.1) is 0 Å². The molecule has 1 aromatic rings. The Labute approximate surface area is 90.4 Å². The first-order valence-corrected chi connectivity index (χ1v) is 4.84. The molecule has 0 aliphatic carbocycles. The van der Waals surface area contributed by atoms with Gasteiger partial charge in [0.2, 0.25) is 0 Å².